The number of benzene rings is 2. The lowest BCUT2D eigenvalue weighted by atomic mass is 10.1. The first-order valence-electron chi connectivity index (χ1n) is 10.3. The van der Waals surface area contributed by atoms with Gasteiger partial charge in [-0.05, 0) is 55.4 Å². The van der Waals surface area contributed by atoms with Gasteiger partial charge in [0, 0.05) is 18.7 Å². The van der Waals surface area contributed by atoms with Gasteiger partial charge in [0.05, 0.1) is 16.6 Å². The quantitative estimate of drug-likeness (QED) is 0.501. The summed E-state index contributed by atoms with van der Waals surface area (Å²) in [5, 5.41) is 0.345. The number of hydrogen-bond donors (Lipinski definition) is 1. The number of aromatic nitrogens is 2. The molecule has 0 aliphatic carbocycles. The molecule has 3 aromatic rings. The fraction of sp³-hybridized carbons (Fsp3) is 0.348. The smallest absolute Gasteiger partial charge is 0.266 e. The molecule has 30 heavy (non-hydrogen) atoms. The molecule has 0 aliphatic heterocycles. The van der Waals surface area contributed by atoms with Crippen molar-refractivity contribution in [2.45, 2.75) is 39.5 Å². The summed E-state index contributed by atoms with van der Waals surface area (Å²) < 4.78 is 15.4. The minimum absolute atomic E-state index is 0.0589. The van der Waals surface area contributed by atoms with E-state index in [-0.39, 0.29) is 16.4 Å². The lowest BCUT2D eigenvalue weighted by molar-refractivity contribution is 0.0751. The topological polar surface area (TPSA) is 58.1 Å². The maximum atomic E-state index is 14.2. The van der Waals surface area contributed by atoms with E-state index >= 15 is 0 Å². The van der Waals surface area contributed by atoms with Gasteiger partial charge in [-0.3, -0.25) is 9.59 Å². The second-order valence-electron chi connectivity index (χ2n) is 7.28. The van der Waals surface area contributed by atoms with E-state index in [2.05, 4.69) is 18.8 Å². The molecule has 1 N–H and O–H groups in total. The highest BCUT2D eigenvalue weighted by atomic mass is 32.1. The Balaban J connectivity index is 2.04. The zero-order valence-electron chi connectivity index (χ0n) is 17.3. The van der Waals surface area contributed by atoms with Gasteiger partial charge in [0.25, 0.3) is 11.5 Å². The van der Waals surface area contributed by atoms with Crippen LogP contribution in [0.25, 0.3) is 16.6 Å². The Bertz CT molecular complexity index is 1160. The highest BCUT2D eigenvalue weighted by Gasteiger charge is 2.17. The summed E-state index contributed by atoms with van der Waals surface area (Å²) >= 11 is 5.33. The molecule has 1 aromatic heterocycles. The second-order valence-corrected chi connectivity index (χ2v) is 7.67. The van der Waals surface area contributed by atoms with Crippen molar-refractivity contribution in [3.05, 3.63) is 69.0 Å². The number of amides is 1. The number of unbranched alkanes of at least 4 members (excludes halogenated alkanes) is 2. The Hall–Kier alpha value is -2.80. The van der Waals surface area contributed by atoms with Gasteiger partial charge < -0.3 is 9.88 Å². The Morgan fingerprint density at radius 1 is 1.10 bits per heavy atom. The summed E-state index contributed by atoms with van der Waals surface area (Å²) in [6.45, 7) is 5.61. The van der Waals surface area contributed by atoms with Crippen LogP contribution in [0.3, 0.4) is 0 Å². The van der Waals surface area contributed by atoms with Gasteiger partial charge >= 0.3 is 0 Å². The molecular formula is C23H26FN3O2S. The van der Waals surface area contributed by atoms with E-state index in [1.165, 1.54) is 12.1 Å². The molecule has 158 valence electrons. The average Bonchev–Trinajstić information content (AvgIpc) is 2.74. The Kier molecular flexibility index (Phi) is 7.15. The summed E-state index contributed by atoms with van der Waals surface area (Å²) in [6.07, 6.45) is 3.91. The van der Waals surface area contributed by atoms with E-state index in [1.54, 1.807) is 30.3 Å². The minimum Gasteiger partial charge on any atom is -0.339 e. The lowest BCUT2D eigenvalue weighted by Gasteiger charge is -2.22. The van der Waals surface area contributed by atoms with Crippen LogP contribution in [0.15, 0.2) is 47.3 Å². The average molecular weight is 428 g/mol. The SMILES string of the molecule is CCCCN(CCCC)C(=O)c1ccc2c(=O)n(-c3ccccc3F)c(=S)[nH]c2c1. The van der Waals surface area contributed by atoms with E-state index in [0.29, 0.717) is 29.6 Å². The van der Waals surface area contributed by atoms with Crippen LogP contribution in [0.1, 0.15) is 49.9 Å². The first-order chi connectivity index (χ1) is 14.5. The van der Waals surface area contributed by atoms with Crippen molar-refractivity contribution in [2.75, 3.05) is 13.1 Å². The molecule has 0 bridgehead atoms. The molecule has 1 heterocycles. The van der Waals surface area contributed by atoms with Crippen molar-refractivity contribution in [3.63, 3.8) is 0 Å². The number of aromatic amines is 1. The van der Waals surface area contributed by atoms with E-state index < -0.39 is 11.4 Å². The monoisotopic (exact) mass is 427 g/mol. The third kappa shape index (κ3) is 4.51. The molecule has 0 fully saturated rings. The van der Waals surface area contributed by atoms with Gasteiger partial charge in [-0.15, -0.1) is 0 Å². The van der Waals surface area contributed by atoms with Crippen LogP contribution in [0.5, 0.6) is 0 Å². The molecule has 7 heteroatoms. The number of carbonyl (C=O) groups is 1. The molecule has 2 aromatic carbocycles. The van der Waals surface area contributed by atoms with Crippen LogP contribution in [0.2, 0.25) is 0 Å². The number of rotatable bonds is 8. The van der Waals surface area contributed by atoms with Crippen LogP contribution >= 0.6 is 12.2 Å². The summed E-state index contributed by atoms with van der Waals surface area (Å²) in [6, 6.07) is 10.9. The van der Waals surface area contributed by atoms with E-state index in [9.17, 15) is 14.0 Å². The van der Waals surface area contributed by atoms with E-state index in [1.807, 2.05) is 4.90 Å². The highest BCUT2D eigenvalue weighted by Crippen LogP contribution is 2.17. The molecule has 0 unspecified atom stereocenters. The molecule has 0 atom stereocenters. The molecule has 3 rings (SSSR count). The number of halogens is 1. The van der Waals surface area contributed by atoms with Crippen molar-refractivity contribution in [1.29, 1.82) is 0 Å². The van der Waals surface area contributed by atoms with Crippen LogP contribution in [-0.4, -0.2) is 33.4 Å². The summed E-state index contributed by atoms with van der Waals surface area (Å²) in [5.74, 6) is -0.593. The predicted molar refractivity (Wildman–Crippen MR) is 120 cm³/mol. The van der Waals surface area contributed by atoms with Gasteiger partial charge in [0.2, 0.25) is 0 Å². The third-order valence-electron chi connectivity index (χ3n) is 5.09. The fourth-order valence-electron chi connectivity index (χ4n) is 3.40. The van der Waals surface area contributed by atoms with E-state index in [4.69, 9.17) is 12.2 Å². The number of nitrogens with zero attached hydrogens (tertiary/aromatic N) is 2. The standard InChI is InChI=1S/C23H26FN3O2S/c1-3-5-13-26(14-6-4-2)21(28)16-11-12-17-19(15-16)25-23(30)27(22(17)29)20-10-8-7-9-18(20)24/h7-12,15H,3-6,13-14H2,1-2H3,(H,25,30). The minimum atomic E-state index is -0.535. The first kappa shape index (κ1) is 21.9. The van der Waals surface area contributed by atoms with Crippen molar-refractivity contribution in [2.24, 2.45) is 0 Å². The molecular weight excluding hydrogens is 401 g/mol. The van der Waals surface area contributed by atoms with Crippen molar-refractivity contribution >= 4 is 29.0 Å². The molecule has 1 amide bonds. The first-order valence-corrected chi connectivity index (χ1v) is 10.7. The Labute approximate surface area is 180 Å². The zero-order chi connectivity index (χ0) is 21.7. The van der Waals surface area contributed by atoms with Crippen LogP contribution < -0.4 is 5.56 Å². The molecule has 0 aliphatic rings. The van der Waals surface area contributed by atoms with Crippen molar-refractivity contribution in [3.8, 4) is 5.69 Å². The predicted octanol–water partition coefficient (Wildman–Crippen LogP) is 5.23. The Morgan fingerprint density at radius 2 is 1.77 bits per heavy atom. The highest BCUT2D eigenvalue weighted by molar-refractivity contribution is 7.71. The van der Waals surface area contributed by atoms with Crippen LogP contribution in [0.4, 0.5) is 4.39 Å². The number of nitrogens with one attached hydrogen (secondary N) is 1. The summed E-state index contributed by atoms with van der Waals surface area (Å²) in [4.78, 5) is 30.9. The molecule has 5 nitrogen and oxygen atoms in total. The normalized spacial score (nSPS) is 11.0. The van der Waals surface area contributed by atoms with Crippen molar-refractivity contribution in [1.82, 2.24) is 14.5 Å². The van der Waals surface area contributed by atoms with Gasteiger partial charge in [-0.2, -0.15) is 0 Å². The summed E-state index contributed by atoms with van der Waals surface area (Å²) in [7, 11) is 0. The third-order valence-corrected chi connectivity index (χ3v) is 5.37. The van der Waals surface area contributed by atoms with Crippen LogP contribution in [0, 0.1) is 10.6 Å². The fourth-order valence-corrected chi connectivity index (χ4v) is 3.69. The molecule has 0 saturated carbocycles. The molecule has 0 radical (unpaired) electrons. The number of carbonyl (C=O) groups excluding carboxylic acids is 1. The second kappa shape index (κ2) is 9.80. The zero-order valence-corrected chi connectivity index (χ0v) is 18.1. The van der Waals surface area contributed by atoms with Gasteiger partial charge in [0.15, 0.2) is 4.77 Å². The maximum absolute atomic E-state index is 14.2. The number of hydrogen-bond acceptors (Lipinski definition) is 3. The number of H-pyrrole nitrogens is 1. The van der Waals surface area contributed by atoms with Crippen LogP contribution in [-0.2, 0) is 0 Å². The lowest BCUT2D eigenvalue weighted by Crippen LogP contribution is -2.33. The largest absolute Gasteiger partial charge is 0.339 e. The number of fused-ring (bicyclic) bond motifs is 1. The van der Waals surface area contributed by atoms with Gasteiger partial charge in [-0.25, -0.2) is 8.96 Å². The molecule has 0 saturated heterocycles. The van der Waals surface area contributed by atoms with Crippen molar-refractivity contribution < 1.29 is 9.18 Å². The summed E-state index contributed by atoms with van der Waals surface area (Å²) in [5.41, 5.74) is 0.639. The molecule has 0 spiro atoms. The van der Waals surface area contributed by atoms with Gasteiger partial charge in [0.1, 0.15) is 5.82 Å². The van der Waals surface area contributed by atoms with E-state index in [0.717, 1.165) is 30.3 Å². The number of para-hydroxylation sites is 1. The maximum Gasteiger partial charge on any atom is 0.266 e. The van der Waals surface area contributed by atoms with Gasteiger partial charge in [-0.1, -0.05) is 38.8 Å². The Morgan fingerprint density at radius 3 is 2.40 bits per heavy atom.